The molecule has 1 aromatic heterocycles. The number of nitrogens with zero attached hydrogens (tertiary/aromatic N) is 1. The van der Waals surface area contributed by atoms with Crippen molar-refractivity contribution < 1.29 is 31.5 Å². The molecule has 0 atom stereocenters. The molecule has 0 fully saturated rings. The third-order valence-electron chi connectivity index (χ3n) is 2.47. The Labute approximate surface area is 120 Å². The van der Waals surface area contributed by atoms with Gasteiger partial charge in [0.1, 0.15) is 11.4 Å². The summed E-state index contributed by atoms with van der Waals surface area (Å²) in [6.45, 7) is -3.11. The molecule has 0 aliphatic heterocycles. The third-order valence-corrected chi connectivity index (χ3v) is 2.47. The van der Waals surface area contributed by atoms with E-state index >= 15 is 0 Å². The first-order valence-electron chi connectivity index (χ1n) is 5.75. The van der Waals surface area contributed by atoms with Crippen molar-refractivity contribution in [2.24, 2.45) is 0 Å². The van der Waals surface area contributed by atoms with Crippen molar-refractivity contribution in [3.8, 4) is 5.75 Å². The van der Waals surface area contributed by atoms with Crippen LogP contribution in [0.4, 0.5) is 27.6 Å². The van der Waals surface area contributed by atoms with E-state index in [0.717, 1.165) is 0 Å². The molecular formula is C12H8F5N3O2. The zero-order valence-electron chi connectivity index (χ0n) is 10.6. The van der Waals surface area contributed by atoms with Gasteiger partial charge < -0.3 is 10.1 Å². The molecule has 2 aromatic rings. The van der Waals surface area contributed by atoms with E-state index in [1.165, 1.54) is 24.3 Å². The van der Waals surface area contributed by atoms with E-state index in [-0.39, 0.29) is 11.4 Å². The van der Waals surface area contributed by atoms with E-state index in [0.29, 0.717) is 6.07 Å². The van der Waals surface area contributed by atoms with E-state index in [1.807, 2.05) is 0 Å². The van der Waals surface area contributed by atoms with Gasteiger partial charge >= 0.3 is 12.8 Å². The number of anilines is 1. The SMILES string of the molecule is O=C(Nc1ccccc1OC(F)F)c1cc(C(F)(F)F)[nH]n1. The van der Waals surface area contributed by atoms with Crippen LogP contribution in [0.5, 0.6) is 5.75 Å². The highest BCUT2D eigenvalue weighted by Gasteiger charge is 2.33. The molecule has 5 nitrogen and oxygen atoms in total. The number of aromatic nitrogens is 2. The summed E-state index contributed by atoms with van der Waals surface area (Å²) in [5.41, 5.74) is -1.86. The van der Waals surface area contributed by atoms with Gasteiger partial charge in [-0.2, -0.15) is 27.1 Å². The maximum Gasteiger partial charge on any atom is 0.432 e. The highest BCUT2D eigenvalue weighted by atomic mass is 19.4. The fourth-order valence-electron chi connectivity index (χ4n) is 1.54. The predicted molar refractivity (Wildman–Crippen MR) is 64.6 cm³/mol. The van der Waals surface area contributed by atoms with Crippen molar-refractivity contribution >= 4 is 11.6 Å². The molecule has 0 unspecified atom stereocenters. The number of rotatable bonds is 4. The van der Waals surface area contributed by atoms with Crippen molar-refractivity contribution in [1.29, 1.82) is 0 Å². The molecule has 0 saturated heterocycles. The zero-order valence-corrected chi connectivity index (χ0v) is 10.6. The fourth-order valence-corrected chi connectivity index (χ4v) is 1.54. The molecule has 0 saturated carbocycles. The number of aromatic amines is 1. The first kappa shape index (κ1) is 15.7. The molecular weight excluding hydrogens is 313 g/mol. The van der Waals surface area contributed by atoms with Gasteiger partial charge in [0.2, 0.25) is 0 Å². The molecule has 2 rings (SSSR count). The minimum atomic E-state index is -4.68. The Hall–Kier alpha value is -2.65. The summed E-state index contributed by atoms with van der Waals surface area (Å²) in [5.74, 6) is -1.32. The number of H-pyrrole nitrogens is 1. The summed E-state index contributed by atoms with van der Waals surface area (Å²) < 4.78 is 65.8. The lowest BCUT2D eigenvalue weighted by Crippen LogP contribution is -2.14. The Morgan fingerprint density at radius 1 is 1.27 bits per heavy atom. The molecule has 2 N–H and O–H groups in total. The van der Waals surface area contributed by atoms with Gasteiger partial charge in [0.05, 0.1) is 5.69 Å². The average molecular weight is 321 g/mol. The Morgan fingerprint density at radius 3 is 2.55 bits per heavy atom. The lowest BCUT2D eigenvalue weighted by molar-refractivity contribution is -0.141. The Kier molecular flexibility index (Phi) is 4.29. The van der Waals surface area contributed by atoms with E-state index in [1.54, 1.807) is 5.10 Å². The van der Waals surface area contributed by atoms with Crippen molar-refractivity contribution in [2.75, 3.05) is 5.32 Å². The van der Waals surface area contributed by atoms with Crippen molar-refractivity contribution in [2.45, 2.75) is 12.8 Å². The van der Waals surface area contributed by atoms with Crippen LogP contribution in [-0.4, -0.2) is 22.7 Å². The maximum absolute atomic E-state index is 12.4. The predicted octanol–water partition coefficient (Wildman–Crippen LogP) is 3.28. The van der Waals surface area contributed by atoms with Crippen LogP contribution in [0.25, 0.3) is 0 Å². The lowest BCUT2D eigenvalue weighted by atomic mass is 10.2. The minimum Gasteiger partial charge on any atom is -0.433 e. The average Bonchev–Trinajstić information content (AvgIpc) is 2.90. The number of benzene rings is 1. The van der Waals surface area contributed by atoms with E-state index in [9.17, 15) is 26.7 Å². The van der Waals surface area contributed by atoms with Crippen LogP contribution in [0.3, 0.4) is 0 Å². The third kappa shape index (κ3) is 3.71. The Bertz CT molecular complexity index is 669. The van der Waals surface area contributed by atoms with E-state index in [2.05, 4.69) is 15.2 Å². The first-order chi connectivity index (χ1) is 10.3. The quantitative estimate of drug-likeness (QED) is 0.849. The van der Waals surface area contributed by atoms with Crippen molar-refractivity contribution in [3.05, 3.63) is 41.7 Å². The second-order valence-corrected chi connectivity index (χ2v) is 3.99. The van der Waals surface area contributed by atoms with Gasteiger partial charge in [0, 0.05) is 6.07 Å². The Balaban J connectivity index is 2.17. The van der Waals surface area contributed by atoms with E-state index < -0.39 is 30.1 Å². The second kappa shape index (κ2) is 6.00. The van der Waals surface area contributed by atoms with Gasteiger partial charge in [-0.15, -0.1) is 0 Å². The topological polar surface area (TPSA) is 67.0 Å². The second-order valence-electron chi connectivity index (χ2n) is 3.99. The number of nitrogens with one attached hydrogen (secondary N) is 2. The van der Waals surface area contributed by atoms with Gasteiger partial charge in [-0.3, -0.25) is 9.89 Å². The number of carbonyl (C=O) groups excluding carboxylic acids is 1. The number of para-hydroxylation sites is 2. The number of amides is 1. The van der Waals surface area contributed by atoms with Crippen LogP contribution in [0.2, 0.25) is 0 Å². The standard InChI is InChI=1S/C12H8F5N3O2/c13-11(14)22-8-4-2-1-3-6(8)18-10(21)7-5-9(20-19-7)12(15,16)17/h1-5,11H,(H,18,21)(H,19,20). The number of carbonyl (C=O) groups is 1. The highest BCUT2D eigenvalue weighted by Crippen LogP contribution is 2.29. The van der Waals surface area contributed by atoms with Crippen LogP contribution in [0.15, 0.2) is 30.3 Å². The normalized spacial score (nSPS) is 11.5. The van der Waals surface area contributed by atoms with Crippen LogP contribution >= 0.6 is 0 Å². The van der Waals surface area contributed by atoms with Gasteiger partial charge in [-0.25, -0.2) is 0 Å². The van der Waals surface area contributed by atoms with Crippen LogP contribution < -0.4 is 10.1 Å². The van der Waals surface area contributed by atoms with Gasteiger partial charge in [-0.05, 0) is 12.1 Å². The summed E-state index contributed by atoms with van der Waals surface area (Å²) in [4.78, 5) is 11.8. The van der Waals surface area contributed by atoms with E-state index in [4.69, 9.17) is 0 Å². The van der Waals surface area contributed by atoms with Crippen molar-refractivity contribution in [3.63, 3.8) is 0 Å². The fraction of sp³-hybridized carbons (Fsp3) is 0.167. The number of ether oxygens (including phenoxy) is 1. The number of halogens is 5. The van der Waals surface area contributed by atoms with Crippen LogP contribution in [0.1, 0.15) is 16.2 Å². The number of hydrogen-bond acceptors (Lipinski definition) is 3. The van der Waals surface area contributed by atoms with Crippen LogP contribution in [0, 0.1) is 0 Å². The molecule has 0 spiro atoms. The van der Waals surface area contributed by atoms with Crippen LogP contribution in [-0.2, 0) is 6.18 Å². The molecule has 0 bridgehead atoms. The molecule has 118 valence electrons. The largest absolute Gasteiger partial charge is 0.433 e. The van der Waals surface area contributed by atoms with Gasteiger partial charge in [0.25, 0.3) is 5.91 Å². The summed E-state index contributed by atoms with van der Waals surface area (Å²) in [6, 6.07) is 5.76. The van der Waals surface area contributed by atoms with Gasteiger partial charge in [0.15, 0.2) is 5.69 Å². The summed E-state index contributed by atoms with van der Waals surface area (Å²) in [7, 11) is 0. The maximum atomic E-state index is 12.4. The Morgan fingerprint density at radius 2 is 1.95 bits per heavy atom. The lowest BCUT2D eigenvalue weighted by Gasteiger charge is -2.10. The molecule has 1 heterocycles. The monoisotopic (exact) mass is 321 g/mol. The molecule has 22 heavy (non-hydrogen) atoms. The minimum absolute atomic E-state index is 0.121. The first-order valence-corrected chi connectivity index (χ1v) is 5.75. The number of alkyl halides is 5. The molecule has 0 aliphatic rings. The highest BCUT2D eigenvalue weighted by molar-refractivity contribution is 6.03. The molecule has 0 radical (unpaired) electrons. The molecule has 10 heteroatoms. The summed E-state index contributed by atoms with van der Waals surface area (Å²) in [6.07, 6.45) is -4.68. The summed E-state index contributed by atoms with van der Waals surface area (Å²) >= 11 is 0. The molecule has 1 amide bonds. The summed E-state index contributed by atoms with van der Waals surface area (Å²) in [5, 5.41) is 7.05. The molecule has 0 aliphatic carbocycles. The van der Waals surface area contributed by atoms with Crippen molar-refractivity contribution in [1.82, 2.24) is 10.2 Å². The number of hydrogen-bond donors (Lipinski definition) is 2. The smallest absolute Gasteiger partial charge is 0.432 e. The molecule has 1 aromatic carbocycles. The van der Waals surface area contributed by atoms with Gasteiger partial charge in [-0.1, -0.05) is 12.1 Å². The zero-order chi connectivity index (χ0) is 16.3.